The van der Waals surface area contributed by atoms with Crippen molar-refractivity contribution in [1.82, 2.24) is 4.98 Å². The molecule has 26 heavy (non-hydrogen) atoms. The number of pyridine rings is 1. The van der Waals surface area contributed by atoms with Crippen LogP contribution in [0.15, 0.2) is 46.2 Å². The highest BCUT2D eigenvalue weighted by Crippen LogP contribution is 2.30. The van der Waals surface area contributed by atoms with Crippen molar-refractivity contribution < 1.29 is 19.4 Å². The lowest BCUT2D eigenvalue weighted by Crippen LogP contribution is -2.19. The second-order valence-corrected chi connectivity index (χ2v) is 7.74. The number of aromatic hydroxyl groups is 1. The highest BCUT2D eigenvalue weighted by molar-refractivity contribution is 9.10. The molecule has 0 radical (unpaired) electrons. The molecule has 0 saturated carbocycles. The third-order valence-electron chi connectivity index (χ3n) is 3.56. The topological polar surface area (TPSA) is 73.2 Å². The number of phenolic OH excluding ortho intramolecular Hbond substituents is 1. The van der Waals surface area contributed by atoms with Gasteiger partial charge in [0.1, 0.15) is 22.8 Å². The maximum absolute atomic E-state index is 10.4. The van der Waals surface area contributed by atoms with Crippen LogP contribution in [0.1, 0.15) is 43.9 Å². The number of rotatable bonds is 4. The van der Waals surface area contributed by atoms with Gasteiger partial charge in [-0.2, -0.15) is 0 Å². The number of benzene rings is 1. The van der Waals surface area contributed by atoms with Gasteiger partial charge >= 0.3 is 0 Å². The Morgan fingerprint density at radius 3 is 2.69 bits per heavy atom. The van der Waals surface area contributed by atoms with Crippen molar-refractivity contribution >= 4 is 21.6 Å². The predicted molar refractivity (Wildman–Crippen MR) is 101 cm³/mol. The summed E-state index contributed by atoms with van der Waals surface area (Å²) in [6.07, 6.45) is 1.14. The summed E-state index contributed by atoms with van der Waals surface area (Å²) in [6.45, 7) is 6.74. The molecule has 7 heteroatoms. The third-order valence-corrected chi connectivity index (χ3v) is 4.06. The van der Waals surface area contributed by atoms with Crippen LogP contribution in [0, 0.1) is 0 Å². The Kier molecular flexibility index (Phi) is 5.60. The molecule has 0 unspecified atom stereocenters. The van der Waals surface area contributed by atoms with Gasteiger partial charge in [-0.25, -0.2) is 0 Å². The summed E-state index contributed by atoms with van der Waals surface area (Å²) in [6, 6.07) is 8.81. The van der Waals surface area contributed by atoms with E-state index in [4.69, 9.17) is 14.3 Å². The zero-order valence-corrected chi connectivity index (χ0v) is 16.5. The van der Waals surface area contributed by atoms with Gasteiger partial charge in [-0.05, 0) is 45.0 Å². The Hall–Kier alpha value is -1.96. The van der Waals surface area contributed by atoms with Crippen molar-refractivity contribution in [2.45, 2.75) is 32.7 Å². The number of hydrogen-bond acceptors (Lipinski definition) is 6. The average molecular weight is 421 g/mol. The molecule has 6 nitrogen and oxygen atoms in total. The number of oxime groups is 1. The molecule has 2 heterocycles. The van der Waals surface area contributed by atoms with E-state index in [0.717, 1.165) is 10.0 Å². The Labute approximate surface area is 160 Å². The summed E-state index contributed by atoms with van der Waals surface area (Å²) in [5.74, 6) is 0.0781. The van der Waals surface area contributed by atoms with Crippen LogP contribution in [-0.2, 0) is 14.3 Å². The molecule has 1 aromatic heterocycles. The van der Waals surface area contributed by atoms with E-state index in [1.807, 2.05) is 32.9 Å². The van der Waals surface area contributed by atoms with Crippen LogP contribution in [0.5, 0.6) is 5.75 Å². The lowest BCUT2D eigenvalue weighted by molar-refractivity contribution is -0.0445. The number of nitrogens with zero attached hydrogens (tertiary/aromatic N) is 2. The normalized spacial score (nSPS) is 16.1. The number of hydrogen-bond donors (Lipinski definition) is 1. The summed E-state index contributed by atoms with van der Waals surface area (Å²) >= 11 is 3.44. The molecular formula is C19H21BrN2O4. The summed E-state index contributed by atoms with van der Waals surface area (Å²) in [5, 5.41) is 14.7. The van der Waals surface area contributed by atoms with Crippen molar-refractivity contribution in [2.24, 2.45) is 5.16 Å². The Morgan fingerprint density at radius 2 is 2.00 bits per heavy atom. The van der Waals surface area contributed by atoms with Gasteiger partial charge in [-0.1, -0.05) is 27.2 Å². The van der Waals surface area contributed by atoms with Crippen molar-refractivity contribution in [1.29, 1.82) is 0 Å². The van der Waals surface area contributed by atoms with E-state index in [1.54, 1.807) is 24.4 Å². The highest BCUT2D eigenvalue weighted by atomic mass is 79.9. The minimum Gasteiger partial charge on any atom is -0.507 e. The Bertz CT molecular complexity index is 811. The fraction of sp³-hybridized carbons (Fsp3) is 0.368. The number of aromatic nitrogens is 1. The molecule has 1 N–H and O–H groups in total. The van der Waals surface area contributed by atoms with E-state index in [9.17, 15) is 5.11 Å². The zero-order chi connectivity index (χ0) is 18.7. The highest BCUT2D eigenvalue weighted by Gasteiger charge is 2.27. The monoisotopic (exact) mass is 420 g/mol. The van der Waals surface area contributed by atoms with E-state index in [1.165, 1.54) is 0 Å². The second kappa shape index (κ2) is 7.73. The van der Waals surface area contributed by atoms with Gasteiger partial charge in [-0.15, -0.1) is 0 Å². The summed E-state index contributed by atoms with van der Waals surface area (Å²) in [4.78, 5) is 10.1. The predicted octanol–water partition coefficient (Wildman–Crippen LogP) is 4.16. The zero-order valence-electron chi connectivity index (χ0n) is 14.9. The van der Waals surface area contributed by atoms with Crippen molar-refractivity contribution in [3.63, 3.8) is 0 Å². The van der Waals surface area contributed by atoms with Crippen molar-refractivity contribution in [3.05, 3.63) is 57.8 Å². The first kappa shape index (κ1) is 18.8. The molecule has 0 amide bonds. The van der Waals surface area contributed by atoms with Gasteiger partial charge in [0.25, 0.3) is 0 Å². The molecule has 138 valence electrons. The summed E-state index contributed by atoms with van der Waals surface area (Å²) in [7, 11) is 0. The molecule has 1 aliphatic heterocycles. The third kappa shape index (κ3) is 4.41. The van der Waals surface area contributed by atoms with Crippen LogP contribution in [0.25, 0.3) is 0 Å². The van der Waals surface area contributed by atoms with E-state index in [-0.39, 0.29) is 5.75 Å². The summed E-state index contributed by atoms with van der Waals surface area (Å²) in [5.41, 5.74) is 1.69. The van der Waals surface area contributed by atoms with Crippen LogP contribution in [0.3, 0.4) is 0 Å². The van der Waals surface area contributed by atoms with Crippen LogP contribution < -0.4 is 0 Å². The minimum absolute atomic E-state index is 0.0781. The molecule has 1 fully saturated rings. The van der Waals surface area contributed by atoms with Crippen LogP contribution >= 0.6 is 15.9 Å². The summed E-state index contributed by atoms with van der Waals surface area (Å²) < 4.78 is 12.1. The molecular weight excluding hydrogens is 400 g/mol. The van der Waals surface area contributed by atoms with Crippen LogP contribution in [-0.4, -0.2) is 34.6 Å². The molecule has 2 aromatic rings. The molecule has 1 aliphatic rings. The molecule has 0 aliphatic carbocycles. The average Bonchev–Trinajstić information content (AvgIpc) is 3.12. The van der Waals surface area contributed by atoms with Crippen LogP contribution in [0.4, 0.5) is 0 Å². The fourth-order valence-electron chi connectivity index (χ4n) is 2.44. The van der Waals surface area contributed by atoms with Gasteiger partial charge in [0, 0.05) is 21.8 Å². The molecule has 0 spiro atoms. The first-order valence-electron chi connectivity index (χ1n) is 8.29. The molecule has 1 aromatic carbocycles. The van der Waals surface area contributed by atoms with Gasteiger partial charge < -0.3 is 19.4 Å². The Balaban J connectivity index is 2.14. The quantitative estimate of drug-likeness (QED) is 0.593. The number of ether oxygens (including phenoxy) is 2. The lowest BCUT2D eigenvalue weighted by Gasteiger charge is -2.19. The van der Waals surface area contributed by atoms with E-state index >= 15 is 0 Å². The van der Waals surface area contributed by atoms with Crippen molar-refractivity contribution in [3.8, 4) is 5.75 Å². The standard InChI is InChI=1S/C19H21BrN2O4/c1-19(2,3)26-22-17(14-11-12(20)6-7-15(14)23)16-13(5-4-8-21-16)18-24-9-10-25-18/h4-8,11,18,23H,9-10H2,1-3H3. The van der Waals surface area contributed by atoms with E-state index < -0.39 is 11.9 Å². The molecule has 1 saturated heterocycles. The first-order valence-corrected chi connectivity index (χ1v) is 9.08. The maximum Gasteiger partial charge on any atom is 0.186 e. The molecule has 0 atom stereocenters. The van der Waals surface area contributed by atoms with E-state index in [0.29, 0.717) is 30.2 Å². The van der Waals surface area contributed by atoms with Gasteiger partial charge in [-0.3, -0.25) is 4.98 Å². The van der Waals surface area contributed by atoms with Gasteiger partial charge in [0.15, 0.2) is 6.29 Å². The first-order chi connectivity index (χ1) is 12.3. The maximum atomic E-state index is 10.4. The smallest absolute Gasteiger partial charge is 0.186 e. The van der Waals surface area contributed by atoms with Gasteiger partial charge in [0.2, 0.25) is 0 Å². The lowest BCUT2D eigenvalue weighted by atomic mass is 10.0. The largest absolute Gasteiger partial charge is 0.507 e. The number of phenols is 1. The van der Waals surface area contributed by atoms with Crippen LogP contribution in [0.2, 0.25) is 0 Å². The van der Waals surface area contributed by atoms with E-state index in [2.05, 4.69) is 26.1 Å². The number of halogens is 1. The second-order valence-electron chi connectivity index (χ2n) is 6.82. The Morgan fingerprint density at radius 1 is 1.27 bits per heavy atom. The minimum atomic E-state index is -0.521. The molecule has 0 bridgehead atoms. The molecule has 3 rings (SSSR count). The SMILES string of the molecule is CC(C)(C)ON=C(c1cc(Br)ccc1O)c1ncccc1C1OCCO1. The van der Waals surface area contributed by atoms with Gasteiger partial charge in [0.05, 0.1) is 13.2 Å². The fourth-order valence-corrected chi connectivity index (χ4v) is 2.81. The van der Waals surface area contributed by atoms with Crippen molar-refractivity contribution in [2.75, 3.05) is 13.2 Å².